The molecule has 2 rings (SSSR count). The summed E-state index contributed by atoms with van der Waals surface area (Å²) in [6, 6.07) is 7.49. The van der Waals surface area contributed by atoms with Gasteiger partial charge in [0.1, 0.15) is 0 Å². The number of aryl methyl sites for hydroxylation is 1. The van der Waals surface area contributed by atoms with Crippen LogP contribution in [0.25, 0.3) is 11.0 Å². The second kappa shape index (κ2) is 7.12. The molecule has 5 nitrogen and oxygen atoms in total. The average molecular weight is 297 g/mol. The van der Waals surface area contributed by atoms with E-state index in [0.29, 0.717) is 6.54 Å². The predicted molar refractivity (Wildman–Crippen MR) is 74.0 cm³/mol. The Morgan fingerprint density at radius 1 is 1.38 bits per heavy atom. The van der Waals surface area contributed by atoms with E-state index in [1.165, 1.54) is 0 Å². The lowest BCUT2D eigenvalue weighted by Crippen LogP contribution is -2.37. The van der Waals surface area contributed by atoms with E-state index in [2.05, 4.69) is 4.98 Å². The number of carbonyl (C=O) groups excluding carboxylic acids is 1. The number of rotatable bonds is 7. The molecule has 0 aliphatic heterocycles. The third-order valence-electron chi connectivity index (χ3n) is 3.17. The first-order valence-corrected chi connectivity index (χ1v) is 6.68. The number of aliphatic hydroxyl groups is 1. The predicted octanol–water partition coefficient (Wildman–Crippen LogP) is 1.51. The van der Waals surface area contributed by atoms with E-state index in [4.69, 9.17) is 5.11 Å². The summed E-state index contributed by atoms with van der Waals surface area (Å²) in [5.74, 6) is -0.401. The molecule has 21 heavy (non-hydrogen) atoms. The van der Waals surface area contributed by atoms with Crippen LogP contribution in [0.2, 0.25) is 0 Å². The average Bonchev–Trinajstić information content (AvgIpc) is 2.87. The number of fused-ring (bicyclic) bond motifs is 1. The lowest BCUT2D eigenvalue weighted by Gasteiger charge is -2.21. The third-order valence-corrected chi connectivity index (χ3v) is 3.17. The van der Waals surface area contributed by atoms with Crippen molar-refractivity contribution in [2.24, 2.45) is 0 Å². The second-order valence-corrected chi connectivity index (χ2v) is 4.63. The Morgan fingerprint density at radius 3 is 2.86 bits per heavy atom. The highest BCUT2D eigenvalue weighted by Gasteiger charge is 2.17. The van der Waals surface area contributed by atoms with Gasteiger partial charge in [-0.2, -0.15) is 0 Å². The lowest BCUT2D eigenvalue weighted by atomic mass is 10.3. The molecular weight excluding hydrogens is 280 g/mol. The number of carbonyl (C=O) groups is 1. The Hall–Kier alpha value is -2.02. The summed E-state index contributed by atoms with van der Waals surface area (Å²) >= 11 is 0. The van der Waals surface area contributed by atoms with Crippen LogP contribution in [0.4, 0.5) is 8.78 Å². The first-order valence-electron chi connectivity index (χ1n) is 6.68. The Kier molecular flexibility index (Phi) is 5.21. The number of amides is 1. The molecule has 2 aromatic rings. The normalized spacial score (nSPS) is 11.2. The second-order valence-electron chi connectivity index (χ2n) is 4.63. The van der Waals surface area contributed by atoms with E-state index in [1.807, 2.05) is 28.8 Å². The van der Waals surface area contributed by atoms with Crippen molar-refractivity contribution in [1.82, 2.24) is 14.5 Å². The van der Waals surface area contributed by atoms with Crippen LogP contribution >= 0.6 is 0 Å². The molecule has 0 unspecified atom stereocenters. The fourth-order valence-electron chi connectivity index (χ4n) is 2.17. The van der Waals surface area contributed by atoms with Crippen molar-refractivity contribution in [2.45, 2.75) is 19.4 Å². The molecule has 1 aromatic carbocycles. The molecule has 1 amide bonds. The van der Waals surface area contributed by atoms with Crippen LogP contribution in [0.15, 0.2) is 30.6 Å². The third kappa shape index (κ3) is 3.98. The zero-order chi connectivity index (χ0) is 15.2. The molecular formula is C14H17F2N3O2. The standard InChI is InChI=1S/C14H17F2N3O2/c15-13(16)9-18(7-8-20)14(21)5-6-19-10-17-11-3-1-2-4-12(11)19/h1-4,10,13,20H,5-9H2. The number of benzene rings is 1. The van der Waals surface area contributed by atoms with Crippen molar-refractivity contribution in [3.05, 3.63) is 30.6 Å². The van der Waals surface area contributed by atoms with Gasteiger partial charge in [0.2, 0.25) is 5.91 Å². The highest BCUT2D eigenvalue weighted by Crippen LogP contribution is 2.12. The van der Waals surface area contributed by atoms with E-state index in [1.54, 1.807) is 6.33 Å². The Balaban J connectivity index is 1.99. The minimum Gasteiger partial charge on any atom is -0.395 e. The Morgan fingerprint density at radius 2 is 2.14 bits per heavy atom. The highest BCUT2D eigenvalue weighted by atomic mass is 19.3. The van der Waals surface area contributed by atoms with Crippen molar-refractivity contribution in [3.63, 3.8) is 0 Å². The van der Waals surface area contributed by atoms with Crippen LogP contribution in [0.1, 0.15) is 6.42 Å². The zero-order valence-electron chi connectivity index (χ0n) is 11.5. The lowest BCUT2D eigenvalue weighted by molar-refractivity contribution is -0.133. The van der Waals surface area contributed by atoms with Crippen LogP contribution in [0, 0.1) is 0 Å². The molecule has 0 saturated heterocycles. The maximum atomic E-state index is 12.4. The first-order chi connectivity index (χ1) is 10.1. The van der Waals surface area contributed by atoms with Crippen molar-refractivity contribution < 1.29 is 18.7 Å². The maximum Gasteiger partial charge on any atom is 0.255 e. The summed E-state index contributed by atoms with van der Waals surface area (Å²) in [5.41, 5.74) is 1.72. The number of para-hydroxylation sites is 2. The van der Waals surface area contributed by atoms with Gasteiger partial charge in [-0.05, 0) is 12.1 Å². The summed E-state index contributed by atoms with van der Waals surface area (Å²) in [6.07, 6.45) is -0.885. The highest BCUT2D eigenvalue weighted by molar-refractivity contribution is 5.77. The van der Waals surface area contributed by atoms with Gasteiger partial charge in [-0.3, -0.25) is 4.79 Å². The molecule has 1 N–H and O–H groups in total. The van der Waals surface area contributed by atoms with Gasteiger partial charge >= 0.3 is 0 Å². The molecule has 1 heterocycles. The van der Waals surface area contributed by atoms with E-state index in [9.17, 15) is 13.6 Å². The maximum absolute atomic E-state index is 12.4. The minimum atomic E-state index is -2.60. The molecule has 0 aliphatic rings. The van der Waals surface area contributed by atoms with Crippen molar-refractivity contribution in [1.29, 1.82) is 0 Å². The van der Waals surface area contributed by atoms with Gasteiger partial charge in [0.15, 0.2) is 0 Å². The number of halogens is 2. The molecule has 0 spiro atoms. The largest absolute Gasteiger partial charge is 0.395 e. The molecule has 1 aromatic heterocycles. The zero-order valence-corrected chi connectivity index (χ0v) is 11.5. The van der Waals surface area contributed by atoms with Crippen molar-refractivity contribution in [2.75, 3.05) is 19.7 Å². The number of imidazole rings is 1. The van der Waals surface area contributed by atoms with Gasteiger partial charge < -0.3 is 14.6 Å². The van der Waals surface area contributed by atoms with Crippen LogP contribution in [0.3, 0.4) is 0 Å². The fraction of sp³-hybridized carbons (Fsp3) is 0.429. The summed E-state index contributed by atoms with van der Waals surface area (Å²) in [5, 5.41) is 8.84. The number of aliphatic hydroxyl groups excluding tert-OH is 1. The molecule has 0 fully saturated rings. The van der Waals surface area contributed by atoms with Gasteiger partial charge in [-0.1, -0.05) is 12.1 Å². The first kappa shape index (κ1) is 15.4. The topological polar surface area (TPSA) is 58.4 Å². The van der Waals surface area contributed by atoms with Gasteiger partial charge in [-0.25, -0.2) is 13.8 Å². The number of hydrogen-bond donors (Lipinski definition) is 1. The molecule has 114 valence electrons. The molecule has 7 heteroatoms. The SMILES string of the molecule is O=C(CCn1cnc2ccccc21)N(CCO)CC(F)F. The molecule has 0 bridgehead atoms. The smallest absolute Gasteiger partial charge is 0.255 e. The Bertz CT molecular complexity index is 601. The van der Waals surface area contributed by atoms with Crippen molar-refractivity contribution >= 4 is 16.9 Å². The van der Waals surface area contributed by atoms with E-state index >= 15 is 0 Å². The monoisotopic (exact) mass is 297 g/mol. The van der Waals surface area contributed by atoms with Crippen LogP contribution < -0.4 is 0 Å². The van der Waals surface area contributed by atoms with E-state index < -0.39 is 18.9 Å². The van der Waals surface area contributed by atoms with Crippen LogP contribution in [-0.4, -0.2) is 51.6 Å². The number of nitrogens with zero attached hydrogens (tertiary/aromatic N) is 3. The van der Waals surface area contributed by atoms with E-state index in [0.717, 1.165) is 15.9 Å². The Labute approximate surface area is 120 Å². The summed E-state index contributed by atoms with van der Waals surface area (Å²) in [6.45, 7) is -0.686. The van der Waals surface area contributed by atoms with Gasteiger partial charge in [-0.15, -0.1) is 0 Å². The molecule has 0 atom stereocenters. The summed E-state index contributed by atoms with van der Waals surface area (Å²) in [7, 11) is 0. The molecule has 0 radical (unpaired) electrons. The van der Waals surface area contributed by atoms with Gasteiger partial charge in [0.05, 0.1) is 30.5 Å². The minimum absolute atomic E-state index is 0.0755. The van der Waals surface area contributed by atoms with Gasteiger partial charge in [0, 0.05) is 19.5 Å². The fourth-order valence-corrected chi connectivity index (χ4v) is 2.17. The van der Waals surface area contributed by atoms with Crippen LogP contribution in [0.5, 0.6) is 0 Å². The molecule has 0 aliphatic carbocycles. The quantitative estimate of drug-likeness (QED) is 0.843. The van der Waals surface area contributed by atoms with Crippen molar-refractivity contribution in [3.8, 4) is 0 Å². The summed E-state index contributed by atoms with van der Waals surface area (Å²) < 4.78 is 26.6. The molecule has 0 saturated carbocycles. The van der Waals surface area contributed by atoms with Gasteiger partial charge in [0.25, 0.3) is 6.43 Å². The van der Waals surface area contributed by atoms with E-state index in [-0.39, 0.29) is 19.6 Å². The number of alkyl halides is 2. The van der Waals surface area contributed by atoms with Crippen LogP contribution in [-0.2, 0) is 11.3 Å². The number of hydrogen-bond acceptors (Lipinski definition) is 3. The summed E-state index contributed by atoms with van der Waals surface area (Å²) in [4.78, 5) is 17.1. The number of aromatic nitrogens is 2.